The minimum Gasteiger partial charge on any atom is -0.508 e. The Morgan fingerprint density at radius 3 is 2.70 bits per heavy atom. The number of carbonyl (C=O) groups is 2. The first-order chi connectivity index (χ1) is 10.7. The first-order valence-electron chi connectivity index (χ1n) is 7.78. The van der Waals surface area contributed by atoms with Crippen molar-refractivity contribution >= 4 is 17.7 Å². The Bertz CT molecular complexity index is 607. The number of rotatable bonds is 2. The predicted molar refractivity (Wildman–Crippen MR) is 87.4 cm³/mol. The number of likely N-dealkylation sites (tertiary alicyclic amines) is 1. The lowest BCUT2D eigenvalue weighted by Crippen LogP contribution is -2.45. The van der Waals surface area contributed by atoms with Gasteiger partial charge in [-0.15, -0.1) is 0 Å². The standard InChI is InChI=1S/C17H24N2O4/c1-11-12(7-5-9-14(11)20)18-15(21)13-8-6-10-19(13)16(22)23-17(2,3)4/h5,7,9,13,20H,6,8,10H2,1-4H3,(H,18,21)/t13-/m0/s1. The second kappa shape index (κ2) is 6.48. The number of nitrogens with one attached hydrogen (secondary N) is 1. The molecule has 1 saturated heterocycles. The van der Waals surface area contributed by atoms with Gasteiger partial charge in [0.05, 0.1) is 0 Å². The van der Waals surface area contributed by atoms with Crippen molar-refractivity contribution in [2.24, 2.45) is 0 Å². The van der Waals surface area contributed by atoms with Crippen LogP contribution in [0, 0.1) is 6.92 Å². The van der Waals surface area contributed by atoms with Gasteiger partial charge in [-0.05, 0) is 52.7 Å². The molecule has 0 aromatic heterocycles. The molecule has 1 heterocycles. The van der Waals surface area contributed by atoms with Crippen molar-refractivity contribution in [2.75, 3.05) is 11.9 Å². The van der Waals surface area contributed by atoms with Gasteiger partial charge in [-0.3, -0.25) is 9.69 Å². The molecule has 6 nitrogen and oxygen atoms in total. The van der Waals surface area contributed by atoms with Crippen LogP contribution in [0.4, 0.5) is 10.5 Å². The van der Waals surface area contributed by atoms with Crippen molar-refractivity contribution in [3.05, 3.63) is 23.8 Å². The Labute approximate surface area is 136 Å². The zero-order valence-corrected chi connectivity index (χ0v) is 14.0. The van der Waals surface area contributed by atoms with E-state index in [9.17, 15) is 14.7 Å². The summed E-state index contributed by atoms with van der Waals surface area (Å²) >= 11 is 0. The summed E-state index contributed by atoms with van der Waals surface area (Å²) in [5.74, 6) is -0.139. The lowest BCUT2D eigenvalue weighted by molar-refractivity contribution is -0.120. The van der Waals surface area contributed by atoms with Crippen molar-refractivity contribution < 1.29 is 19.4 Å². The van der Waals surface area contributed by atoms with E-state index in [1.54, 1.807) is 45.9 Å². The van der Waals surface area contributed by atoms with Crippen LogP contribution in [0.25, 0.3) is 0 Å². The summed E-state index contributed by atoms with van der Waals surface area (Å²) in [5.41, 5.74) is 0.552. The van der Waals surface area contributed by atoms with E-state index in [1.807, 2.05) is 0 Å². The number of benzene rings is 1. The minimum absolute atomic E-state index is 0.123. The maximum absolute atomic E-state index is 12.5. The summed E-state index contributed by atoms with van der Waals surface area (Å²) in [7, 11) is 0. The Hall–Kier alpha value is -2.24. The highest BCUT2D eigenvalue weighted by atomic mass is 16.6. The number of carbonyl (C=O) groups excluding carboxylic acids is 2. The molecule has 1 aromatic carbocycles. The highest BCUT2D eigenvalue weighted by molar-refractivity contribution is 5.97. The summed E-state index contributed by atoms with van der Waals surface area (Å²) in [6, 6.07) is 4.40. The van der Waals surface area contributed by atoms with Crippen molar-refractivity contribution in [3.63, 3.8) is 0 Å². The quantitative estimate of drug-likeness (QED) is 0.878. The molecule has 0 saturated carbocycles. The Balaban J connectivity index is 2.09. The van der Waals surface area contributed by atoms with E-state index in [2.05, 4.69) is 5.32 Å². The highest BCUT2D eigenvalue weighted by Crippen LogP contribution is 2.26. The minimum atomic E-state index is -0.595. The topological polar surface area (TPSA) is 78.9 Å². The zero-order valence-electron chi connectivity index (χ0n) is 14.0. The molecule has 1 fully saturated rings. The number of nitrogens with zero attached hydrogens (tertiary/aromatic N) is 1. The van der Waals surface area contributed by atoms with Crippen molar-refractivity contribution in [1.82, 2.24) is 4.90 Å². The fourth-order valence-corrected chi connectivity index (χ4v) is 2.55. The molecule has 2 N–H and O–H groups in total. The molecule has 6 heteroatoms. The Kier molecular flexibility index (Phi) is 4.82. The lowest BCUT2D eigenvalue weighted by Gasteiger charge is -2.28. The van der Waals surface area contributed by atoms with Crippen LogP contribution in [-0.4, -0.2) is 40.2 Å². The third-order valence-corrected chi connectivity index (χ3v) is 3.75. The van der Waals surface area contributed by atoms with Crippen molar-refractivity contribution in [1.29, 1.82) is 0 Å². The summed E-state index contributed by atoms with van der Waals surface area (Å²) in [6.45, 7) is 7.63. The molecule has 1 atom stereocenters. The smallest absolute Gasteiger partial charge is 0.410 e. The molecule has 2 amide bonds. The van der Waals surface area contributed by atoms with Crippen molar-refractivity contribution in [2.45, 2.75) is 52.2 Å². The maximum Gasteiger partial charge on any atom is 0.410 e. The third kappa shape index (κ3) is 4.15. The van der Waals surface area contributed by atoms with Crippen LogP contribution in [0.5, 0.6) is 5.75 Å². The average Bonchev–Trinajstić information content (AvgIpc) is 2.91. The highest BCUT2D eigenvalue weighted by Gasteiger charge is 2.36. The molecule has 0 aliphatic carbocycles. The van der Waals surface area contributed by atoms with Gasteiger partial charge in [0, 0.05) is 17.8 Å². The van der Waals surface area contributed by atoms with Gasteiger partial charge in [0.2, 0.25) is 5.91 Å². The molecule has 23 heavy (non-hydrogen) atoms. The average molecular weight is 320 g/mol. The van der Waals surface area contributed by atoms with Crippen LogP contribution in [0.15, 0.2) is 18.2 Å². The van der Waals surface area contributed by atoms with Crippen LogP contribution in [0.1, 0.15) is 39.2 Å². The van der Waals surface area contributed by atoms with Gasteiger partial charge < -0.3 is 15.2 Å². The molecular formula is C17H24N2O4. The Morgan fingerprint density at radius 2 is 2.04 bits per heavy atom. The van der Waals surface area contributed by atoms with E-state index in [0.29, 0.717) is 24.2 Å². The molecule has 0 bridgehead atoms. The first-order valence-corrected chi connectivity index (χ1v) is 7.78. The number of anilines is 1. The fraction of sp³-hybridized carbons (Fsp3) is 0.529. The second-order valence-corrected chi connectivity index (χ2v) is 6.77. The van der Waals surface area contributed by atoms with Crippen LogP contribution in [0.3, 0.4) is 0 Å². The van der Waals surface area contributed by atoms with Gasteiger partial charge in [-0.1, -0.05) is 6.07 Å². The van der Waals surface area contributed by atoms with E-state index >= 15 is 0 Å². The molecule has 0 spiro atoms. The number of hydrogen-bond donors (Lipinski definition) is 2. The van der Waals surface area contributed by atoms with Crippen LogP contribution >= 0.6 is 0 Å². The number of amides is 2. The van der Waals surface area contributed by atoms with Gasteiger partial charge in [0.15, 0.2) is 0 Å². The summed E-state index contributed by atoms with van der Waals surface area (Å²) in [4.78, 5) is 26.2. The lowest BCUT2D eigenvalue weighted by atomic mass is 10.1. The fourth-order valence-electron chi connectivity index (χ4n) is 2.55. The van der Waals surface area contributed by atoms with Gasteiger partial charge in [-0.25, -0.2) is 4.79 Å². The van der Waals surface area contributed by atoms with E-state index in [-0.39, 0.29) is 11.7 Å². The van der Waals surface area contributed by atoms with Crippen molar-refractivity contribution in [3.8, 4) is 5.75 Å². The number of phenolic OH excluding ortho intramolecular Hbond substituents is 1. The predicted octanol–water partition coefficient (Wildman–Crippen LogP) is 3.04. The third-order valence-electron chi connectivity index (χ3n) is 3.75. The maximum atomic E-state index is 12.5. The zero-order chi connectivity index (χ0) is 17.2. The normalized spacial score (nSPS) is 17.9. The number of aromatic hydroxyl groups is 1. The van der Waals surface area contributed by atoms with E-state index in [1.165, 1.54) is 4.90 Å². The van der Waals surface area contributed by atoms with Gasteiger partial charge >= 0.3 is 6.09 Å². The van der Waals surface area contributed by atoms with E-state index in [0.717, 1.165) is 6.42 Å². The molecule has 0 radical (unpaired) electrons. The largest absolute Gasteiger partial charge is 0.508 e. The molecule has 2 rings (SSSR count). The SMILES string of the molecule is Cc1c(O)cccc1NC(=O)[C@@H]1CCCN1C(=O)OC(C)(C)C. The van der Waals surface area contributed by atoms with Crippen LogP contribution in [0.2, 0.25) is 0 Å². The van der Waals surface area contributed by atoms with Gasteiger partial charge in [-0.2, -0.15) is 0 Å². The monoisotopic (exact) mass is 320 g/mol. The molecule has 1 aliphatic rings. The summed E-state index contributed by atoms with van der Waals surface area (Å²) in [6.07, 6.45) is 0.891. The van der Waals surface area contributed by atoms with Crippen LogP contribution < -0.4 is 5.32 Å². The number of ether oxygens (including phenoxy) is 1. The van der Waals surface area contributed by atoms with Gasteiger partial charge in [0.1, 0.15) is 17.4 Å². The summed E-state index contributed by atoms with van der Waals surface area (Å²) < 4.78 is 5.36. The molecule has 126 valence electrons. The van der Waals surface area contributed by atoms with E-state index in [4.69, 9.17) is 4.74 Å². The molecule has 1 aliphatic heterocycles. The second-order valence-electron chi connectivity index (χ2n) is 6.77. The van der Waals surface area contributed by atoms with Gasteiger partial charge in [0.25, 0.3) is 0 Å². The van der Waals surface area contributed by atoms with Crippen LogP contribution in [-0.2, 0) is 9.53 Å². The summed E-state index contributed by atoms with van der Waals surface area (Å²) in [5, 5.41) is 12.5. The number of hydrogen-bond acceptors (Lipinski definition) is 4. The number of phenols is 1. The molecular weight excluding hydrogens is 296 g/mol. The Morgan fingerprint density at radius 1 is 1.35 bits per heavy atom. The van der Waals surface area contributed by atoms with E-state index < -0.39 is 17.7 Å². The first kappa shape index (κ1) is 17.1. The molecule has 0 unspecified atom stereocenters. The molecule has 1 aromatic rings.